The van der Waals surface area contributed by atoms with Gasteiger partial charge < -0.3 is 11.1 Å². The predicted molar refractivity (Wildman–Crippen MR) is 97.3 cm³/mol. The van der Waals surface area contributed by atoms with Gasteiger partial charge >= 0.3 is 0 Å². The number of carbonyl (C=O) groups excluding carboxylic acids is 1. The highest BCUT2D eigenvalue weighted by Gasteiger charge is 2.43. The highest BCUT2D eigenvalue weighted by Crippen LogP contribution is 2.38. The Bertz CT molecular complexity index is 566. The molecule has 0 spiro atoms. The van der Waals surface area contributed by atoms with Crippen LogP contribution in [0.25, 0.3) is 0 Å². The summed E-state index contributed by atoms with van der Waals surface area (Å²) in [6.07, 6.45) is 2.31. The first-order valence-corrected chi connectivity index (χ1v) is 9.17. The lowest BCUT2D eigenvalue weighted by atomic mass is 9.86. The van der Waals surface area contributed by atoms with Crippen molar-refractivity contribution in [1.82, 2.24) is 10.2 Å². The van der Waals surface area contributed by atoms with Crippen LogP contribution in [0.15, 0.2) is 30.3 Å². The molecule has 3 N–H and O–H groups in total. The molecule has 0 unspecified atom stereocenters. The van der Waals surface area contributed by atoms with Crippen LogP contribution in [0, 0.1) is 17.3 Å². The number of nitrogens with zero attached hydrogens (tertiary/aromatic N) is 1. The number of rotatable bonds is 4. The molecule has 4 nitrogen and oxygen atoms in total. The molecule has 1 saturated carbocycles. The van der Waals surface area contributed by atoms with Crippen molar-refractivity contribution >= 4 is 5.91 Å². The van der Waals surface area contributed by atoms with Crippen LogP contribution in [0.5, 0.6) is 0 Å². The standard InChI is InChI=1S/C20H31N3O/c1-20(2,3)18(21)19(24)22-17-10-9-15-12-23(13-16(15)17)11-14-7-5-4-6-8-14/h4-8,15-18H,9-13,21H2,1-3H3,(H,22,24)/t15-,16+,17+,18-/m1/s1. The van der Waals surface area contributed by atoms with Gasteiger partial charge in [-0.05, 0) is 35.7 Å². The lowest BCUT2D eigenvalue weighted by molar-refractivity contribution is -0.125. The molecule has 0 radical (unpaired) electrons. The first-order chi connectivity index (χ1) is 11.3. The fourth-order valence-electron chi connectivity index (χ4n) is 4.17. The molecule has 2 aliphatic rings. The van der Waals surface area contributed by atoms with Crippen molar-refractivity contribution in [3.05, 3.63) is 35.9 Å². The minimum atomic E-state index is -0.446. The Kier molecular flexibility index (Phi) is 4.97. The second-order valence-electron chi connectivity index (χ2n) is 8.64. The van der Waals surface area contributed by atoms with E-state index in [-0.39, 0.29) is 17.4 Å². The second kappa shape index (κ2) is 6.85. The van der Waals surface area contributed by atoms with Crippen molar-refractivity contribution in [2.24, 2.45) is 23.0 Å². The molecule has 2 fully saturated rings. The first-order valence-electron chi connectivity index (χ1n) is 9.17. The van der Waals surface area contributed by atoms with E-state index in [9.17, 15) is 4.79 Å². The molecule has 1 aromatic carbocycles. The molecule has 132 valence electrons. The van der Waals surface area contributed by atoms with Crippen molar-refractivity contribution in [1.29, 1.82) is 0 Å². The van der Waals surface area contributed by atoms with Gasteiger partial charge in [0.05, 0.1) is 6.04 Å². The molecule has 1 aliphatic carbocycles. The van der Waals surface area contributed by atoms with E-state index in [1.165, 1.54) is 12.0 Å². The summed E-state index contributed by atoms with van der Waals surface area (Å²) in [6.45, 7) is 9.30. The SMILES string of the molecule is CC(C)(C)[C@H](N)C(=O)N[C@H]1CC[C@@H]2CN(Cc3ccccc3)C[C@@H]21. The highest BCUT2D eigenvalue weighted by molar-refractivity contribution is 5.82. The molecule has 1 aromatic rings. The van der Waals surface area contributed by atoms with Gasteiger partial charge in [0.25, 0.3) is 0 Å². The summed E-state index contributed by atoms with van der Waals surface area (Å²) < 4.78 is 0. The Labute approximate surface area is 145 Å². The number of nitrogens with two attached hydrogens (primary N) is 1. The van der Waals surface area contributed by atoms with E-state index in [4.69, 9.17) is 5.73 Å². The number of benzene rings is 1. The highest BCUT2D eigenvalue weighted by atomic mass is 16.2. The quantitative estimate of drug-likeness (QED) is 0.892. The van der Waals surface area contributed by atoms with Crippen molar-refractivity contribution in [3.63, 3.8) is 0 Å². The zero-order valence-electron chi connectivity index (χ0n) is 15.2. The van der Waals surface area contributed by atoms with Crippen LogP contribution in [-0.2, 0) is 11.3 Å². The first kappa shape index (κ1) is 17.4. The summed E-state index contributed by atoms with van der Waals surface area (Å²) in [6, 6.07) is 10.5. The molecule has 24 heavy (non-hydrogen) atoms. The van der Waals surface area contributed by atoms with Gasteiger partial charge in [-0.3, -0.25) is 9.69 Å². The Morgan fingerprint density at radius 2 is 1.96 bits per heavy atom. The third kappa shape index (κ3) is 3.81. The lowest BCUT2D eigenvalue weighted by Crippen LogP contribution is -2.52. The van der Waals surface area contributed by atoms with Crippen LogP contribution in [0.2, 0.25) is 0 Å². The summed E-state index contributed by atoms with van der Waals surface area (Å²) >= 11 is 0. The van der Waals surface area contributed by atoms with E-state index in [2.05, 4.69) is 40.5 Å². The number of carbonyl (C=O) groups is 1. The van der Waals surface area contributed by atoms with E-state index >= 15 is 0 Å². The van der Waals surface area contributed by atoms with Crippen molar-refractivity contribution in [3.8, 4) is 0 Å². The van der Waals surface area contributed by atoms with Gasteiger partial charge in [0.2, 0.25) is 5.91 Å². The minimum Gasteiger partial charge on any atom is -0.352 e. The summed E-state index contributed by atoms with van der Waals surface area (Å²) in [4.78, 5) is 15.0. The van der Waals surface area contributed by atoms with Gasteiger partial charge in [0.1, 0.15) is 0 Å². The largest absolute Gasteiger partial charge is 0.352 e. The second-order valence-corrected chi connectivity index (χ2v) is 8.64. The number of nitrogens with one attached hydrogen (secondary N) is 1. The molecule has 1 saturated heterocycles. The van der Waals surface area contributed by atoms with Gasteiger partial charge in [-0.1, -0.05) is 51.1 Å². The summed E-state index contributed by atoms with van der Waals surface area (Å²) in [5.74, 6) is 1.30. The topological polar surface area (TPSA) is 58.4 Å². The Hall–Kier alpha value is -1.39. The van der Waals surface area contributed by atoms with Crippen LogP contribution < -0.4 is 11.1 Å². The fraction of sp³-hybridized carbons (Fsp3) is 0.650. The molecule has 3 rings (SSSR count). The predicted octanol–water partition coefficient (Wildman–Crippen LogP) is 2.39. The van der Waals surface area contributed by atoms with Crippen LogP contribution in [0.4, 0.5) is 0 Å². The van der Waals surface area contributed by atoms with E-state index in [1.807, 2.05) is 20.8 Å². The molecule has 1 aliphatic heterocycles. The summed E-state index contributed by atoms with van der Waals surface area (Å²) in [5, 5.41) is 3.25. The number of amides is 1. The van der Waals surface area contributed by atoms with Crippen LogP contribution >= 0.6 is 0 Å². The minimum absolute atomic E-state index is 0.00894. The Morgan fingerprint density at radius 3 is 2.62 bits per heavy atom. The molecule has 0 bridgehead atoms. The van der Waals surface area contributed by atoms with Gasteiger partial charge in [0, 0.05) is 25.7 Å². The fourth-order valence-corrected chi connectivity index (χ4v) is 4.17. The Balaban J connectivity index is 1.56. The number of hydrogen-bond donors (Lipinski definition) is 2. The third-order valence-corrected chi connectivity index (χ3v) is 5.72. The summed E-state index contributed by atoms with van der Waals surface area (Å²) in [7, 11) is 0. The van der Waals surface area contributed by atoms with Crippen molar-refractivity contribution in [2.75, 3.05) is 13.1 Å². The van der Waals surface area contributed by atoms with Crippen LogP contribution in [0.3, 0.4) is 0 Å². The monoisotopic (exact) mass is 329 g/mol. The van der Waals surface area contributed by atoms with Gasteiger partial charge in [-0.15, -0.1) is 0 Å². The van der Waals surface area contributed by atoms with E-state index in [0.29, 0.717) is 11.8 Å². The third-order valence-electron chi connectivity index (χ3n) is 5.72. The van der Waals surface area contributed by atoms with Crippen LogP contribution in [0.1, 0.15) is 39.2 Å². The normalized spacial score (nSPS) is 28.6. The maximum atomic E-state index is 12.5. The zero-order valence-corrected chi connectivity index (χ0v) is 15.2. The number of fused-ring (bicyclic) bond motifs is 1. The molecule has 0 aromatic heterocycles. The molecule has 1 amide bonds. The molecule has 1 heterocycles. The van der Waals surface area contributed by atoms with Gasteiger partial charge in [-0.25, -0.2) is 0 Å². The molecular weight excluding hydrogens is 298 g/mol. The summed E-state index contributed by atoms with van der Waals surface area (Å²) in [5.41, 5.74) is 7.29. The van der Waals surface area contributed by atoms with Crippen molar-refractivity contribution in [2.45, 2.75) is 52.2 Å². The molecule has 4 atom stereocenters. The molecular formula is C20H31N3O. The van der Waals surface area contributed by atoms with Crippen molar-refractivity contribution < 1.29 is 4.79 Å². The average Bonchev–Trinajstić information content (AvgIpc) is 3.08. The maximum absolute atomic E-state index is 12.5. The zero-order chi connectivity index (χ0) is 17.3. The van der Waals surface area contributed by atoms with Crippen LogP contribution in [-0.4, -0.2) is 36.0 Å². The molecule has 4 heteroatoms. The Morgan fingerprint density at radius 1 is 1.25 bits per heavy atom. The average molecular weight is 329 g/mol. The maximum Gasteiger partial charge on any atom is 0.237 e. The van der Waals surface area contributed by atoms with E-state index < -0.39 is 6.04 Å². The van der Waals surface area contributed by atoms with Gasteiger partial charge in [-0.2, -0.15) is 0 Å². The lowest BCUT2D eigenvalue weighted by Gasteiger charge is -2.29. The number of likely N-dealkylation sites (tertiary alicyclic amines) is 1. The van der Waals surface area contributed by atoms with Gasteiger partial charge in [0.15, 0.2) is 0 Å². The number of hydrogen-bond acceptors (Lipinski definition) is 3. The van der Waals surface area contributed by atoms with E-state index in [1.54, 1.807) is 0 Å². The van der Waals surface area contributed by atoms with E-state index in [0.717, 1.165) is 26.1 Å². The smallest absolute Gasteiger partial charge is 0.237 e.